The van der Waals surface area contributed by atoms with Gasteiger partial charge in [0.1, 0.15) is 5.78 Å². The first-order valence-electron chi connectivity index (χ1n) is 5.52. The summed E-state index contributed by atoms with van der Waals surface area (Å²) in [5, 5.41) is 8.90. The van der Waals surface area contributed by atoms with Crippen LogP contribution in [0.5, 0.6) is 0 Å². The molecule has 1 atom stereocenters. The zero-order valence-corrected chi connectivity index (χ0v) is 9.20. The molecule has 0 aromatic rings. The van der Waals surface area contributed by atoms with Gasteiger partial charge in [-0.1, -0.05) is 0 Å². The average molecular weight is 199 g/mol. The van der Waals surface area contributed by atoms with Crippen LogP contribution in [0.15, 0.2) is 0 Å². The van der Waals surface area contributed by atoms with Gasteiger partial charge in [0.15, 0.2) is 0 Å². The van der Waals surface area contributed by atoms with E-state index in [9.17, 15) is 4.79 Å². The second-order valence-electron chi connectivity index (χ2n) is 4.37. The van der Waals surface area contributed by atoms with Gasteiger partial charge in [-0.3, -0.25) is 9.69 Å². The van der Waals surface area contributed by atoms with Crippen LogP contribution in [-0.2, 0) is 4.79 Å². The van der Waals surface area contributed by atoms with Crippen molar-refractivity contribution in [2.24, 2.45) is 5.92 Å². The lowest BCUT2D eigenvalue weighted by molar-refractivity contribution is -0.121. The van der Waals surface area contributed by atoms with E-state index in [-0.39, 0.29) is 12.5 Å². The molecule has 14 heavy (non-hydrogen) atoms. The maximum Gasteiger partial charge on any atom is 0.137 e. The van der Waals surface area contributed by atoms with Crippen molar-refractivity contribution in [1.29, 1.82) is 0 Å². The lowest BCUT2D eigenvalue weighted by Gasteiger charge is -2.27. The largest absolute Gasteiger partial charge is 0.395 e. The second-order valence-corrected chi connectivity index (χ2v) is 4.37. The monoisotopic (exact) mass is 199 g/mol. The first-order valence-corrected chi connectivity index (χ1v) is 5.52. The Bertz CT molecular complexity index is 192. The van der Waals surface area contributed by atoms with Gasteiger partial charge in [-0.15, -0.1) is 0 Å². The minimum Gasteiger partial charge on any atom is -0.395 e. The van der Waals surface area contributed by atoms with E-state index in [4.69, 9.17) is 5.11 Å². The molecule has 0 radical (unpaired) electrons. The van der Waals surface area contributed by atoms with Crippen molar-refractivity contribution in [3.8, 4) is 0 Å². The molecular formula is C11H21NO2. The van der Waals surface area contributed by atoms with Crippen molar-refractivity contribution in [1.82, 2.24) is 4.90 Å². The summed E-state index contributed by atoms with van der Waals surface area (Å²) in [5.41, 5.74) is 0. The Morgan fingerprint density at radius 2 is 2.29 bits per heavy atom. The fourth-order valence-corrected chi connectivity index (χ4v) is 2.05. The standard InChI is InChI=1S/C11H21NO2/c1-9(2)12(6-7-13)8-10-4-3-5-11(10)14/h9-10,13H,3-8H2,1-2H3. The molecule has 1 fully saturated rings. The third kappa shape index (κ3) is 3.07. The van der Waals surface area contributed by atoms with Crippen molar-refractivity contribution in [3.05, 3.63) is 0 Å². The Hall–Kier alpha value is -0.410. The number of carbonyl (C=O) groups excluding carboxylic acids is 1. The Labute approximate surface area is 86.1 Å². The Kier molecular flexibility index (Phi) is 4.55. The van der Waals surface area contributed by atoms with Crippen LogP contribution >= 0.6 is 0 Å². The number of carbonyl (C=O) groups is 1. The van der Waals surface area contributed by atoms with Gasteiger partial charge in [0.25, 0.3) is 0 Å². The van der Waals surface area contributed by atoms with Crippen molar-refractivity contribution in [3.63, 3.8) is 0 Å². The molecule has 0 aromatic carbocycles. The van der Waals surface area contributed by atoms with Gasteiger partial charge in [0, 0.05) is 31.5 Å². The molecule has 0 bridgehead atoms. The molecule has 1 aliphatic rings. The number of aliphatic hydroxyl groups excluding tert-OH is 1. The molecular weight excluding hydrogens is 178 g/mol. The van der Waals surface area contributed by atoms with Crippen LogP contribution in [-0.4, -0.2) is 41.5 Å². The first-order chi connectivity index (χ1) is 6.65. The van der Waals surface area contributed by atoms with Crippen molar-refractivity contribution >= 4 is 5.78 Å². The maximum absolute atomic E-state index is 11.4. The smallest absolute Gasteiger partial charge is 0.137 e. The number of hydrogen-bond donors (Lipinski definition) is 1. The van der Waals surface area contributed by atoms with Crippen LogP contribution in [0.25, 0.3) is 0 Å². The summed E-state index contributed by atoms with van der Waals surface area (Å²) in [4.78, 5) is 13.6. The minimum atomic E-state index is 0.180. The van der Waals surface area contributed by atoms with Crippen LogP contribution < -0.4 is 0 Å². The number of rotatable bonds is 5. The average Bonchev–Trinajstić information content (AvgIpc) is 2.51. The van der Waals surface area contributed by atoms with Crippen molar-refractivity contribution in [2.75, 3.05) is 19.7 Å². The first kappa shape index (κ1) is 11.7. The summed E-state index contributed by atoms with van der Waals surface area (Å²) in [6.45, 7) is 5.90. The number of Topliss-reactive ketones (excluding diaryl/α,β-unsaturated/α-hetero) is 1. The van der Waals surface area contributed by atoms with Crippen LogP contribution in [0.2, 0.25) is 0 Å². The normalized spacial score (nSPS) is 22.6. The SMILES string of the molecule is CC(C)N(CCO)CC1CCCC1=O. The van der Waals surface area contributed by atoms with Crippen LogP contribution in [0.4, 0.5) is 0 Å². The van der Waals surface area contributed by atoms with E-state index in [0.717, 1.165) is 25.8 Å². The molecule has 0 saturated heterocycles. The lowest BCUT2D eigenvalue weighted by atomic mass is 10.1. The van der Waals surface area contributed by atoms with Gasteiger partial charge >= 0.3 is 0 Å². The molecule has 0 aliphatic heterocycles. The zero-order chi connectivity index (χ0) is 10.6. The zero-order valence-electron chi connectivity index (χ0n) is 9.20. The Balaban J connectivity index is 2.41. The summed E-state index contributed by atoms with van der Waals surface area (Å²) in [6, 6.07) is 0.413. The maximum atomic E-state index is 11.4. The van der Waals surface area contributed by atoms with Crippen LogP contribution in [0.1, 0.15) is 33.1 Å². The molecule has 1 N–H and O–H groups in total. The fourth-order valence-electron chi connectivity index (χ4n) is 2.05. The quantitative estimate of drug-likeness (QED) is 0.719. The molecule has 0 aromatic heterocycles. The number of aliphatic hydroxyl groups is 1. The third-order valence-electron chi connectivity index (χ3n) is 3.00. The molecule has 82 valence electrons. The summed E-state index contributed by atoms with van der Waals surface area (Å²) in [5.74, 6) is 0.637. The van der Waals surface area contributed by atoms with Crippen LogP contribution in [0.3, 0.4) is 0 Å². The topological polar surface area (TPSA) is 40.5 Å². The predicted molar refractivity (Wildman–Crippen MR) is 56.1 cm³/mol. The molecule has 1 unspecified atom stereocenters. The summed E-state index contributed by atoms with van der Waals surface area (Å²) in [7, 11) is 0. The van der Waals surface area contributed by atoms with E-state index >= 15 is 0 Å². The Morgan fingerprint density at radius 3 is 2.71 bits per heavy atom. The summed E-state index contributed by atoms with van der Waals surface area (Å²) < 4.78 is 0. The highest BCUT2D eigenvalue weighted by Gasteiger charge is 2.26. The third-order valence-corrected chi connectivity index (χ3v) is 3.00. The molecule has 0 heterocycles. The van der Waals surface area contributed by atoms with Gasteiger partial charge in [0.05, 0.1) is 6.61 Å². The van der Waals surface area contributed by atoms with Gasteiger partial charge in [0.2, 0.25) is 0 Å². The van der Waals surface area contributed by atoms with Gasteiger partial charge < -0.3 is 5.11 Å². The number of ketones is 1. The van der Waals surface area contributed by atoms with E-state index in [1.165, 1.54) is 0 Å². The summed E-state index contributed by atoms with van der Waals surface area (Å²) >= 11 is 0. The van der Waals surface area contributed by atoms with E-state index in [1.54, 1.807) is 0 Å². The molecule has 3 heteroatoms. The van der Waals surface area contributed by atoms with Gasteiger partial charge in [-0.05, 0) is 26.7 Å². The van der Waals surface area contributed by atoms with Gasteiger partial charge in [-0.25, -0.2) is 0 Å². The van der Waals surface area contributed by atoms with E-state index < -0.39 is 0 Å². The Morgan fingerprint density at radius 1 is 1.57 bits per heavy atom. The van der Waals surface area contributed by atoms with Crippen molar-refractivity contribution < 1.29 is 9.90 Å². The van der Waals surface area contributed by atoms with Crippen LogP contribution in [0, 0.1) is 5.92 Å². The highest BCUT2D eigenvalue weighted by molar-refractivity contribution is 5.83. The summed E-state index contributed by atoms with van der Waals surface area (Å²) in [6.07, 6.45) is 2.85. The van der Waals surface area contributed by atoms with E-state index in [2.05, 4.69) is 18.7 Å². The van der Waals surface area contributed by atoms with Gasteiger partial charge in [-0.2, -0.15) is 0 Å². The highest BCUT2D eigenvalue weighted by atomic mass is 16.3. The molecule has 0 amide bonds. The lowest BCUT2D eigenvalue weighted by Crippen LogP contribution is -2.38. The molecule has 0 spiro atoms. The van der Waals surface area contributed by atoms with E-state index in [1.807, 2.05) is 0 Å². The fraction of sp³-hybridized carbons (Fsp3) is 0.909. The van der Waals surface area contributed by atoms with Crippen molar-refractivity contribution in [2.45, 2.75) is 39.2 Å². The van der Waals surface area contributed by atoms with E-state index in [0.29, 0.717) is 18.4 Å². The highest BCUT2D eigenvalue weighted by Crippen LogP contribution is 2.22. The molecule has 1 saturated carbocycles. The minimum absolute atomic E-state index is 0.180. The number of hydrogen-bond acceptors (Lipinski definition) is 3. The molecule has 1 rings (SSSR count). The molecule has 1 aliphatic carbocycles. The second kappa shape index (κ2) is 5.47. The predicted octanol–water partition coefficient (Wildman–Crippen LogP) is 1.06. The number of nitrogens with zero attached hydrogens (tertiary/aromatic N) is 1. The molecule has 3 nitrogen and oxygen atoms in total.